The van der Waals surface area contributed by atoms with E-state index in [1.807, 2.05) is 37.3 Å². The van der Waals surface area contributed by atoms with Crippen LogP contribution in [0.5, 0.6) is 5.75 Å². The lowest BCUT2D eigenvalue weighted by Crippen LogP contribution is -2.53. The van der Waals surface area contributed by atoms with Crippen molar-refractivity contribution in [1.29, 1.82) is 0 Å². The number of hydrogen-bond donors (Lipinski definition) is 1. The number of halogens is 3. The zero-order chi connectivity index (χ0) is 32.7. The maximum absolute atomic E-state index is 14.5. The van der Waals surface area contributed by atoms with Crippen LogP contribution in [0, 0.1) is 6.92 Å². The molecule has 0 aromatic heterocycles. The van der Waals surface area contributed by atoms with Crippen molar-refractivity contribution in [2.24, 2.45) is 0 Å². The first-order valence-electron chi connectivity index (χ1n) is 13.9. The van der Waals surface area contributed by atoms with Gasteiger partial charge in [0.25, 0.3) is 10.0 Å². The lowest BCUT2D eigenvalue weighted by Gasteiger charge is -2.34. The highest BCUT2D eigenvalue weighted by Crippen LogP contribution is 2.35. The first-order chi connectivity index (χ1) is 21.5. The number of aryl methyl sites for hydroxylation is 1. The van der Waals surface area contributed by atoms with Crippen molar-refractivity contribution in [2.45, 2.75) is 30.8 Å². The SMILES string of the molecule is CNC(=O)[C@@H](Cc1ccccc1)N(Cc1c(Cl)cccc1Cl)C(=O)CN(c1cc(Cl)ccc1OC)S(=O)(=O)c1ccc(C)cc1. The molecule has 1 N–H and O–H groups in total. The Morgan fingerprint density at radius 2 is 1.53 bits per heavy atom. The Labute approximate surface area is 278 Å². The molecule has 0 heterocycles. The van der Waals surface area contributed by atoms with Gasteiger partial charge in [-0.25, -0.2) is 8.42 Å². The molecule has 0 bridgehead atoms. The van der Waals surface area contributed by atoms with Gasteiger partial charge < -0.3 is 15.0 Å². The molecule has 4 aromatic rings. The fourth-order valence-electron chi connectivity index (χ4n) is 4.78. The normalized spacial score (nSPS) is 11.9. The highest BCUT2D eigenvalue weighted by molar-refractivity contribution is 7.92. The number of methoxy groups -OCH3 is 1. The van der Waals surface area contributed by atoms with Gasteiger partial charge in [0.1, 0.15) is 18.3 Å². The molecule has 4 aromatic carbocycles. The first kappa shape index (κ1) is 34.1. The average Bonchev–Trinajstić information content (AvgIpc) is 3.02. The zero-order valence-electron chi connectivity index (χ0n) is 24.8. The molecule has 0 aliphatic heterocycles. The predicted octanol–water partition coefficient (Wildman–Crippen LogP) is 6.55. The van der Waals surface area contributed by atoms with E-state index in [2.05, 4.69) is 5.32 Å². The third-order valence-electron chi connectivity index (χ3n) is 7.21. The summed E-state index contributed by atoms with van der Waals surface area (Å²) in [6.07, 6.45) is 0.138. The molecule has 0 fully saturated rings. The molecule has 0 saturated carbocycles. The Hall–Kier alpha value is -3.76. The summed E-state index contributed by atoms with van der Waals surface area (Å²) in [5, 5.41) is 3.45. The van der Waals surface area contributed by atoms with E-state index in [1.54, 1.807) is 36.4 Å². The number of nitrogens with zero attached hydrogens (tertiary/aromatic N) is 2. The molecule has 0 aliphatic rings. The third kappa shape index (κ3) is 8.10. The van der Waals surface area contributed by atoms with E-state index >= 15 is 0 Å². The molecule has 236 valence electrons. The number of hydrogen-bond acceptors (Lipinski definition) is 5. The van der Waals surface area contributed by atoms with Gasteiger partial charge in [-0.3, -0.25) is 13.9 Å². The predicted molar refractivity (Wildman–Crippen MR) is 179 cm³/mol. The molecular weight excluding hydrogens is 657 g/mol. The first-order valence-corrected chi connectivity index (χ1v) is 16.4. The number of carbonyl (C=O) groups is 2. The number of carbonyl (C=O) groups excluding carboxylic acids is 2. The van der Waals surface area contributed by atoms with Crippen molar-refractivity contribution >= 4 is 62.3 Å². The number of anilines is 1. The van der Waals surface area contributed by atoms with Gasteiger partial charge in [0.2, 0.25) is 11.8 Å². The molecule has 2 amide bonds. The van der Waals surface area contributed by atoms with Crippen LogP contribution < -0.4 is 14.4 Å². The second kappa shape index (κ2) is 15.0. The van der Waals surface area contributed by atoms with E-state index in [4.69, 9.17) is 39.5 Å². The van der Waals surface area contributed by atoms with E-state index in [0.717, 1.165) is 15.4 Å². The van der Waals surface area contributed by atoms with Crippen molar-refractivity contribution in [3.05, 3.63) is 123 Å². The standard InChI is InChI=1S/C33H32Cl3N3O5S/c1-22-12-15-25(16-13-22)45(42,43)39(29-19-24(34)14-17-31(29)44-3)21-32(40)38(20-26-27(35)10-7-11-28(26)36)30(33(41)37-2)18-23-8-5-4-6-9-23/h4-17,19,30H,18,20-21H2,1-3H3,(H,37,41)/t30-/m1/s1. The summed E-state index contributed by atoms with van der Waals surface area (Å²) in [4.78, 5) is 29.2. The average molecular weight is 689 g/mol. The van der Waals surface area contributed by atoms with Crippen molar-refractivity contribution in [3.63, 3.8) is 0 Å². The zero-order valence-corrected chi connectivity index (χ0v) is 27.9. The van der Waals surface area contributed by atoms with Crippen LogP contribution in [0.2, 0.25) is 15.1 Å². The van der Waals surface area contributed by atoms with Crippen molar-refractivity contribution in [1.82, 2.24) is 10.2 Å². The Balaban J connectivity index is 1.87. The van der Waals surface area contributed by atoms with Crippen LogP contribution in [-0.2, 0) is 32.6 Å². The van der Waals surface area contributed by atoms with Crippen LogP contribution in [0.4, 0.5) is 5.69 Å². The lowest BCUT2D eigenvalue weighted by molar-refractivity contribution is -0.139. The second-order valence-corrected chi connectivity index (χ2v) is 13.3. The van der Waals surface area contributed by atoms with Gasteiger partial charge in [-0.15, -0.1) is 0 Å². The van der Waals surface area contributed by atoms with Crippen LogP contribution in [0.3, 0.4) is 0 Å². The molecule has 0 radical (unpaired) electrons. The van der Waals surface area contributed by atoms with Gasteiger partial charge in [-0.2, -0.15) is 0 Å². The maximum atomic E-state index is 14.5. The number of ether oxygens (including phenoxy) is 1. The Morgan fingerprint density at radius 1 is 0.889 bits per heavy atom. The molecule has 1 atom stereocenters. The molecule has 4 rings (SSSR count). The minimum Gasteiger partial charge on any atom is -0.495 e. The molecule has 45 heavy (non-hydrogen) atoms. The molecule has 0 spiro atoms. The van der Waals surface area contributed by atoms with Gasteiger partial charge in [0, 0.05) is 40.6 Å². The summed E-state index contributed by atoms with van der Waals surface area (Å²) < 4.78 is 34.9. The summed E-state index contributed by atoms with van der Waals surface area (Å²) in [6.45, 7) is 0.964. The largest absolute Gasteiger partial charge is 0.495 e. The molecule has 8 nitrogen and oxygen atoms in total. The quantitative estimate of drug-likeness (QED) is 0.182. The summed E-state index contributed by atoms with van der Waals surface area (Å²) in [5.74, 6) is -0.965. The lowest BCUT2D eigenvalue weighted by atomic mass is 10.0. The number of sulfonamides is 1. The molecule has 12 heteroatoms. The van der Waals surface area contributed by atoms with Gasteiger partial charge >= 0.3 is 0 Å². The fraction of sp³-hybridized carbons (Fsp3) is 0.212. The van der Waals surface area contributed by atoms with Crippen LogP contribution in [-0.4, -0.2) is 51.9 Å². The van der Waals surface area contributed by atoms with E-state index in [-0.39, 0.29) is 44.4 Å². The number of likely N-dealkylation sites (N-methyl/N-ethyl adjacent to an activating group) is 1. The summed E-state index contributed by atoms with van der Waals surface area (Å²) >= 11 is 19.4. The van der Waals surface area contributed by atoms with Gasteiger partial charge in [0.15, 0.2) is 0 Å². The minimum absolute atomic E-state index is 0.0456. The van der Waals surface area contributed by atoms with Crippen LogP contribution >= 0.6 is 34.8 Å². The summed E-state index contributed by atoms with van der Waals surface area (Å²) in [5.41, 5.74) is 2.10. The van der Waals surface area contributed by atoms with E-state index in [1.165, 1.54) is 43.3 Å². The second-order valence-electron chi connectivity index (χ2n) is 10.2. The van der Waals surface area contributed by atoms with Crippen molar-refractivity contribution in [3.8, 4) is 5.75 Å². The minimum atomic E-state index is -4.35. The van der Waals surface area contributed by atoms with Gasteiger partial charge in [0.05, 0.1) is 17.7 Å². The van der Waals surface area contributed by atoms with Crippen LogP contribution in [0.15, 0.2) is 95.9 Å². The fourth-order valence-corrected chi connectivity index (χ4v) is 6.88. The monoisotopic (exact) mass is 687 g/mol. The Morgan fingerprint density at radius 3 is 2.13 bits per heavy atom. The molecule has 0 aliphatic carbocycles. The summed E-state index contributed by atoms with van der Waals surface area (Å²) in [7, 11) is -1.50. The molecular formula is C33H32Cl3N3O5S. The van der Waals surface area contributed by atoms with E-state index in [9.17, 15) is 18.0 Å². The van der Waals surface area contributed by atoms with Gasteiger partial charge in [-0.1, -0.05) is 88.9 Å². The number of benzene rings is 4. The molecule has 0 unspecified atom stereocenters. The van der Waals surface area contributed by atoms with Crippen molar-refractivity contribution < 1.29 is 22.7 Å². The highest BCUT2D eigenvalue weighted by atomic mass is 35.5. The van der Waals surface area contributed by atoms with Crippen molar-refractivity contribution in [2.75, 3.05) is 25.0 Å². The number of nitrogens with one attached hydrogen (secondary N) is 1. The third-order valence-corrected chi connectivity index (χ3v) is 9.92. The van der Waals surface area contributed by atoms with E-state index < -0.39 is 34.4 Å². The smallest absolute Gasteiger partial charge is 0.264 e. The van der Waals surface area contributed by atoms with E-state index in [0.29, 0.717) is 5.56 Å². The highest BCUT2D eigenvalue weighted by Gasteiger charge is 2.36. The van der Waals surface area contributed by atoms with Gasteiger partial charge in [-0.05, 0) is 55.0 Å². The maximum Gasteiger partial charge on any atom is 0.264 e. The Bertz CT molecular complexity index is 1750. The Kier molecular flexibility index (Phi) is 11.4. The molecule has 0 saturated heterocycles. The number of rotatable bonds is 12. The topological polar surface area (TPSA) is 96.0 Å². The summed E-state index contributed by atoms with van der Waals surface area (Å²) in [6, 6.07) is 23.8. The van der Waals surface area contributed by atoms with Crippen LogP contribution in [0.25, 0.3) is 0 Å². The number of amides is 2. The van der Waals surface area contributed by atoms with Crippen LogP contribution in [0.1, 0.15) is 16.7 Å².